The van der Waals surface area contributed by atoms with Crippen molar-refractivity contribution in [2.45, 2.75) is 52.5 Å². The fraction of sp³-hybridized carbons (Fsp3) is 0.571. The van der Waals surface area contributed by atoms with E-state index in [0.29, 0.717) is 6.04 Å². The molecule has 84 valence electrons. The molecule has 0 amide bonds. The molecule has 1 atom stereocenters. The Hall–Kier alpha value is -0.820. The first-order valence-corrected chi connectivity index (χ1v) is 5.95. The van der Waals surface area contributed by atoms with E-state index in [1.54, 1.807) is 0 Å². The zero-order valence-corrected chi connectivity index (χ0v) is 10.2. The van der Waals surface area contributed by atoms with Crippen LogP contribution in [0.5, 0.6) is 0 Å². The van der Waals surface area contributed by atoms with Crippen molar-refractivity contribution in [2.75, 3.05) is 0 Å². The molecule has 0 spiro atoms. The molecule has 15 heavy (non-hydrogen) atoms. The predicted molar refractivity (Wildman–Crippen MR) is 67.1 cm³/mol. The fourth-order valence-electron chi connectivity index (χ4n) is 1.84. The highest BCUT2D eigenvalue weighted by molar-refractivity contribution is 5.33. The Balaban J connectivity index is 2.47. The number of nitrogens with two attached hydrogens (primary N) is 1. The maximum absolute atomic E-state index is 5.91. The van der Waals surface area contributed by atoms with E-state index >= 15 is 0 Å². The van der Waals surface area contributed by atoms with Crippen LogP contribution < -0.4 is 5.73 Å². The second kappa shape index (κ2) is 5.92. The van der Waals surface area contributed by atoms with Crippen molar-refractivity contribution in [2.24, 2.45) is 5.73 Å². The van der Waals surface area contributed by atoms with Gasteiger partial charge >= 0.3 is 0 Å². The number of hydrogen-bond acceptors (Lipinski definition) is 1. The summed E-state index contributed by atoms with van der Waals surface area (Å²) in [6, 6.07) is 6.95. The molecule has 0 saturated heterocycles. The van der Waals surface area contributed by atoms with Crippen LogP contribution in [0.25, 0.3) is 0 Å². The second-order valence-electron chi connectivity index (χ2n) is 4.42. The van der Waals surface area contributed by atoms with E-state index in [9.17, 15) is 0 Å². The third kappa shape index (κ3) is 3.67. The molecular weight excluding hydrogens is 182 g/mol. The molecule has 0 aliphatic heterocycles. The van der Waals surface area contributed by atoms with Crippen LogP contribution in [-0.2, 0) is 6.42 Å². The highest BCUT2D eigenvalue weighted by Gasteiger charge is 2.02. The number of hydrogen-bond donors (Lipinski definition) is 1. The first kappa shape index (κ1) is 12.3. The van der Waals surface area contributed by atoms with Gasteiger partial charge in [-0.1, -0.05) is 25.1 Å². The van der Waals surface area contributed by atoms with Crippen LogP contribution >= 0.6 is 0 Å². The van der Waals surface area contributed by atoms with Crippen LogP contribution in [-0.4, -0.2) is 6.04 Å². The Labute approximate surface area is 93.7 Å². The lowest BCUT2D eigenvalue weighted by atomic mass is 9.97. The van der Waals surface area contributed by atoms with Crippen LogP contribution in [0.15, 0.2) is 18.2 Å². The minimum Gasteiger partial charge on any atom is -0.328 e. The lowest BCUT2D eigenvalue weighted by Gasteiger charge is -2.10. The van der Waals surface area contributed by atoms with Crippen LogP contribution in [0.3, 0.4) is 0 Å². The van der Waals surface area contributed by atoms with Gasteiger partial charge in [0.25, 0.3) is 0 Å². The van der Waals surface area contributed by atoms with Crippen molar-refractivity contribution in [3.8, 4) is 0 Å². The zero-order valence-electron chi connectivity index (χ0n) is 10.2. The summed E-state index contributed by atoms with van der Waals surface area (Å²) < 4.78 is 0. The third-order valence-corrected chi connectivity index (χ3v) is 3.26. The van der Waals surface area contributed by atoms with Gasteiger partial charge in [0.15, 0.2) is 0 Å². The lowest BCUT2D eigenvalue weighted by molar-refractivity contribution is 0.567. The summed E-state index contributed by atoms with van der Waals surface area (Å²) in [5.74, 6) is 0. The summed E-state index contributed by atoms with van der Waals surface area (Å²) in [6.45, 7) is 6.55. The Kier molecular flexibility index (Phi) is 4.83. The quantitative estimate of drug-likeness (QED) is 0.783. The van der Waals surface area contributed by atoms with E-state index in [0.717, 1.165) is 12.8 Å². The van der Waals surface area contributed by atoms with Crippen LogP contribution in [0, 0.1) is 13.8 Å². The average molecular weight is 205 g/mol. The van der Waals surface area contributed by atoms with Crippen molar-refractivity contribution in [1.29, 1.82) is 0 Å². The molecule has 1 aromatic rings. The predicted octanol–water partition coefficient (Wildman–Crippen LogP) is 3.36. The first-order chi connectivity index (χ1) is 7.15. The standard InChI is InChI=1S/C14H23N/c1-4-14(15)10-6-9-13-8-5-7-11(2)12(13)3/h5,7-8,14H,4,6,9-10,15H2,1-3H3. The molecule has 0 bridgehead atoms. The molecule has 1 aromatic carbocycles. The molecule has 0 aliphatic carbocycles. The summed E-state index contributed by atoms with van der Waals surface area (Å²) in [4.78, 5) is 0. The largest absolute Gasteiger partial charge is 0.328 e. The molecule has 0 heterocycles. The van der Waals surface area contributed by atoms with Gasteiger partial charge in [0.2, 0.25) is 0 Å². The molecule has 1 unspecified atom stereocenters. The molecule has 0 aromatic heterocycles. The molecule has 1 nitrogen and oxygen atoms in total. The van der Waals surface area contributed by atoms with E-state index in [2.05, 4.69) is 39.0 Å². The van der Waals surface area contributed by atoms with Gasteiger partial charge in [-0.3, -0.25) is 0 Å². The Morgan fingerprint density at radius 3 is 2.67 bits per heavy atom. The topological polar surface area (TPSA) is 26.0 Å². The normalized spacial score (nSPS) is 12.8. The molecule has 2 N–H and O–H groups in total. The first-order valence-electron chi connectivity index (χ1n) is 5.95. The van der Waals surface area contributed by atoms with Crippen molar-refractivity contribution in [1.82, 2.24) is 0 Å². The Bertz CT molecular complexity index is 304. The highest BCUT2D eigenvalue weighted by Crippen LogP contribution is 2.15. The minimum absolute atomic E-state index is 0.384. The minimum atomic E-state index is 0.384. The fourth-order valence-corrected chi connectivity index (χ4v) is 1.84. The van der Waals surface area contributed by atoms with Gasteiger partial charge < -0.3 is 5.73 Å². The second-order valence-corrected chi connectivity index (χ2v) is 4.42. The summed E-state index contributed by atoms with van der Waals surface area (Å²) in [5.41, 5.74) is 10.2. The molecular formula is C14H23N. The highest BCUT2D eigenvalue weighted by atomic mass is 14.6. The SMILES string of the molecule is CCC(N)CCCc1cccc(C)c1C. The van der Waals surface area contributed by atoms with Gasteiger partial charge in [0, 0.05) is 6.04 Å². The lowest BCUT2D eigenvalue weighted by Crippen LogP contribution is -2.18. The van der Waals surface area contributed by atoms with Crippen LogP contribution in [0.4, 0.5) is 0 Å². The summed E-state index contributed by atoms with van der Waals surface area (Å²) >= 11 is 0. The zero-order chi connectivity index (χ0) is 11.3. The van der Waals surface area contributed by atoms with E-state index in [1.165, 1.54) is 29.5 Å². The average Bonchev–Trinajstić information content (AvgIpc) is 2.24. The van der Waals surface area contributed by atoms with Gasteiger partial charge in [0.1, 0.15) is 0 Å². The molecule has 0 radical (unpaired) electrons. The maximum atomic E-state index is 5.91. The molecule has 1 rings (SSSR count). The molecule has 0 fully saturated rings. The van der Waals surface area contributed by atoms with Crippen molar-refractivity contribution < 1.29 is 0 Å². The smallest absolute Gasteiger partial charge is 0.00363 e. The van der Waals surface area contributed by atoms with E-state index in [1.807, 2.05) is 0 Å². The third-order valence-electron chi connectivity index (χ3n) is 3.26. The summed E-state index contributed by atoms with van der Waals surface area (Å²) in [6.07, 6.45) is 4.61. The summed E-state index contributed by atoms with van der Waals surface area (Å²) in [7, 11) is 0. The van der Waals surface area contributed by atoms with Crippen LogP contribution in [0.2, 0.25) is 0 Å². The van der Waals surface area contributed by atoms with Crippen molar-refractivity contribution in [3.05, 3.63) is 34.9 Å². The van der Waals surface area contributed by atoms with Gasteiger partial charge in [0.05, 0.1) is 0 Å². The number of benzene rings is 1. The van der Waals surface area contributed by atoms with Gasteiger partial charge in [-0.15, -0.1) is 0 Å². The maximum Gasteiger partial charge on any atom is 0.00363 e. The van der Waals surface area contributed by atoms with Gasteiger partial charge in [-0.05, 0) is 56.2 Å². The van der Waals surface area contributed by atoms with E-state index in [-0.39, 0.29) is 0 Å². The van der Waals surface area contributed by atoms with E-state index < -0.39 is 0 Å². The van der Waals surface area contributed by atoms with Crippen molar-refractivity contribution >= 4 is 0 Å². The summed E-state index contributed by atoms with van der Waals surface area (Å²) in [5, 5.41) is 0. The Morgan fingerprint density at radius 2 is 2.00 bits per heavy atom. The van der Waals surface area contributed by atoms with Crippen molar-refractivity contribution in [3.63, 3.8) is 0 Å². The number of rotatable bonds is 5. The molecule has 0 saturated carbocycles. The van der Waals surface area contributed by atoms with Gasteiger partial charge in [-0.2, -0.15) is 0 Å². The Morgan fingerprint density at radius 1 is 1.27 bits per heavy atom. The van der Waals surface area contributed by atoms with Crippen LogP contribution in [0.1, 0.15) is 42.9 Å². The molecule has 1 heteroatoms. The number of aryl methyl sites for hydroxylation is 2. The molecule has 0 aliphatic rings. The van der Waals surface area contributed by atoms with E-state index in [4.69, 9.17) is 5.73 Å². The van der Waals surface area contributed by atoms with Gasteiger partial charge in [-0.25, -0.2) is 0 Å². The monoisotopic (exact) mass is 205 g/mol.